The smallest absolute Gasteiger partial charge is 0.335 e. The lowest BCUT2D eigenvalue weighted by atomic mass is 10.0. The standard InChI is InChI=1S/C38H30BrClN2O6/c1-3-46-34-20-25(19-33(39)35(34)48-22-32-23(2)8-11-26-6-4-5-7-30(26)32)18-31-36(43)41-38(45)42(37(31)44)28-14-16-29(17-15-28)47-21-24-9-12-27(40)13-10-24/h4-20H,3,21-22H2,1-2H3,(H,41,43,45)/b31-18+. The van der Waals surface area contributed by atoms with E-state index >= 15 is 0 Å². The van der Waals surface area contributed by atoms with Gasteiger partial charge in [-0.2, -0.15) is 0 Å². The van der Waals surface area contributed by atoms with Gasteiger partial charge in [-0.15, -0.1) is 0 Å². The third kappa shape index (κ3) is 7.07. The summed E-state index contributed by atoms with van der Waals surface area (Å²) in [7, 11) is 0. The first-order chi connectivity index (χ1) is 23.2. The number of hydrogen-bond acceptors (Lipinski definition) is 6. The van der Waals surface area contributed by atoms with Crippen LogP contribution in [-0.4, -0.2) is 24.5 Å². The number of urea groups is 1. The molecule has 0 saturated carbocycles. The second-order valence-corrected chi connectivity index (χ2v) is 12.3. The summed E-state index contributed by atoms with van der Waals surface area (Å²) >= 11 is 9.55. The van der Waals surface area contributed by atoms with Crippen LogP contribution >= 0.6 is 27.5 Å². The quantitative estimate of drug-likeness (QED) is 0.114. The van der Waals surface area contributed by atoms with Crippen molar-refractivity contribution < 1.29 is 28.6 Å². The Morgan fingerprint density at radius 2 is 1.60 bits per heavy atom. The number of halogens is 2. The van der Waals surface area contributed by atoms with Gasteiger partial charge in [0, 0.05) is 10.6 Å². The molecular formula is C38H30BrClN2O6. The third-order valence-electron chi connectivity index (χ3n) is 7.79. The summed E-state index contributed by atoms with van der Waals surface area (Å²) < 4.78 is 18.6. The molecule has 10 heteroatoms. The molecule has 242 valence electrons. The average Bonchev–Trinajstić information content (AvgIpc) is 3.07. The predicted molar refractivity (Wildman–Crippen MR) is 190 cm³/mol. The van der Waals surface area contributed by atoms with Gasteiger partial charge in [-0.05, 0) is 112 Å². The van der Waals surface area contributed by atoms with E-state index in [1.54, 1.807) is 48.5 Å². The van der Waals surface area contributed by atoms with Crippen LogP contribution in [0.5, 0.6) is 17.2 Å². The third-order valence-corrected chi connectivity index (χ3v) is 8.63. The van der Waals surface area contributed by atoms with Crippen molar-refractivity contribution in [1.29, 1.82) is 0 Å². The summed E-state index contributed by atoms with van der Waals surface area (Å²) in [4.78, 5) is 40.3. The number of barbiturate groups is 1. The molecule has 1 saturated heterocycles. The van der Waals surface area contributed by atoms with Crippen LogP contribution in [0.1, 0.15) is 29.2 Å². The number of imide groups is 2. The topological polar surface area (TPSA) is 94.2 Å². The van der Waals surface area contributed by atoms with Crippen LogP contribution in [0.3, 0.4) is 0 Å². The van der Waals surface area contributed by atoms with E-state index in [9.17, 15) is 14.4 Å². The summed E-state index contributed by atoms with van der Waals surface area (Å²) in [5.74, 6) is -0.107. The van der Waals surface area contributed by atoms with E-state index in [1.807, 2.05) is 38.1 Å². The van der Waals surface area contributed by atoms with E-state index < -0.39 is 17.8 Å². The fourth-order valence-electron chi connectivity index (χ4n) is 5.35. The Hall–Kier alpha value is -5.12. The molecule has 1 fully saturated rings. The van der Waals surface area contributed by atoms with Gasteiger partial charge in [-0.25, -0.2) is 9.69 Å². The van der Waals surface area contributed by atoms with Gasteiger partial charge in [0.15, 0.2) is 11.5 Å². The van der Waals surface area contributed by atoms with Gasteiger partial charge in [-0.1, -0.05) is 60.1 Å². The summed E-state index contributed by atoms with van der Waals surface area (Å²) in [5, 5.41) is 5.13. The SMILES string of the molecule is CCOc1cc(/C=C2\C(=O)NC(=O)N(c3ccc(OCc4ccc(Cl)cc4)cc3)C2=O)cc(Br)c1OCc1c(C)ccc2ccccc12. The van der Waals surface area contributed by atoms with Gasteiger partial charge in [0.2, 0.25) is 0 Å². The van der Waals surface area contributed by atoms with Crippen molar-refractivity contribution in [3.63, 3.8) is 0 Å². The summed E-state index contributed by atoms with van der Waals surface area (Å²) in [6.07, 6.45) is 1.42. The molecule has 0 atom stereocenters. The number of aryl methyl sites for hydroxylation is 1. The molecule has 6 rings (SSSR count). The fourth-order valence-corrected chi connectivity index (χ4v) is 6.05. The van der Waals surface area contributed by atoms with Gasteiger partial charge in [0.1, 0.15) is 24.5 Å². The van der Waals surface area contributed by atoms with Crippen LogP contribution in [-0.2, 0) is 22.8 Å². The molecule has 0 aliphatic carbocycles. The van der Waals surface area contributed by atoms with Gasteiger partial charge in [-0.3, -0.25) is 14.9 Å². The average molecular weight is 726 g/mol. The van der Waals surface area contributed by atoms with Crippen molar-refractivity contribution in [2.24, 2.45) is 0 Å². The van der Waals surface area contributed by atoms with Crippen LogP contribution in [0.25, 0.3) is 16.8 Å². The monoisotopic (exact) mass is 724 g/mol. The Morgan fingerprint density at radius 3 is 2.35 bits per heavy atom. The molecule has 5 aromatic carbocycles. The van der Waals surface area contributed by atoms with Crippen molar-refractivity contribution >= 4 is 67.9 Å². The van der Waals surface area contributed by atoms with Gasteiger partial charge >= 0.3 is 6.03 Å². The van der Waals surface area contributed by atoms with Crippen LogP contribution in [0.4, 0.5) is 10.5 Å². The molecule has 8 nitrogen and oxygen atoms in total. The molecule has 48 heavy (non-hydrogen) atoms. The fraction of sp³-hybridized carbons (Fsp3) is 0.132. The zero-order chi connectivity index (χ0) is 33.8. The Kier molecular flexibility index (Phi) is 9.80. The predicted octanol–water partition coefficient (Wildman–Crippen LogP) is 8.79. The number of anilines is 1. The highest BCUT2D eigenvalue weighted by molar-refractivity contribution is 9.10. The molecule has 0 spiro atoms. The number of benzene rings is 5. The lowest BCUT2D eigenvalue weighted by Crippen LogP contribution is -2.54. The molecule has 1 aliphatic heterocycles. The maximum absolute atomic E-state index is 13.6. The highest BCUT2D eigenvalue weighted by Gasteiger charge is 2.37. The summed E-state index contributed by atoms with van der Waals surface area (Å²) in [6.45, 7) is 4.87. The van der Waals surface area contributed by atoms with Crippen molar-refractivity contribution in [2.45, 2.75) is 27.1 Å². The Bertz CT molecular complexity index is 2060. The number of ether oxygens (including phenoxy) is 3. The highest BCUT2D eigenvalue weighted by Crippen LogP contribution is 2.39. The van der Waals surface area contributed by atoms with Crippen molar-refractivity contribution in [3.05, 3.63) is 134 Å². The molecule has 1 heterocycles. The summed E-state index contributed by atoms with van der Waals surface area (Å²) in [5.41, 5.74) is 3.65. The van der Waals surface area contributed by atoms with Crippen molar-refractivity contribution in [1.82, 2.24) is 5.32 Å². The van der Waals surface area contributed by atoms with Crippen molar-refractivity contribution in [2.75, 3.05) is 11.5 Å². The summed E-state index contributed by atoms with van der Waals surface area (Å²) in [6, 6.07) is 28.6. The number of nitrogens with zero attached hydrogens (tertiary/aromatic N) is 1. The lowest BCUT2D eigenvalue weighted by Gasteiger charge is -2.26. The number of fused-ring (bicyclic) bond motifs is 1. The Balaban J connectivity index is 1.23. The molecule has 1 N–H and O–H groups in total. The second kappa shape index (κ2) is 14.3. The molecule has 0 unspecified atom stereocenters. The van der Waals surface area contributed by atoms with Crippen LogP contribution in [0.15, 0.2) is 107 Å². The molecule has 0 radical (unpaired) electrons. The maximum Gasteiger partial charge on any atom is 0.335 e. The van der Waals surface area contributed by atoms with Gasteiger partial charge < -0.3 is 14.2 Å². The van der Waals surface area contributed by atoms with Gasteiger partial charge in [0.05, 0.1) is 16.8 Å². The zero-order valence-electron chi connectivity index (χ0n) is 26.1. The Morgan fingerprint density at radius 1 is 0.854 bits per heavy atom. The number of rotatable bonds is 10. The van der Waals surface area contributed by atoms with E-state index in [0.717, 1.165) is 32.4 Å². The number of carbonyl (C=O) groups excluding carboxylic acids is 3. The first kappa shape index (κ1) is 32.8. The van der Waals surface area contributed by atoms with E-state index in [4.69, 9.17) is 25.8 Å². The zero-order valence-corrected chi connectivity index (χ0v) is 28.4. The molecular weight excluding hydrogens is 696 g/mol. The van der Waals surface area contributed by atoms with Crippen molar-refractivity contribution in [3.8, 4) is 17.2 Å². The number of hydrogen-bond donors (Lipinski definition) is 1. The van der Waals surface area contributed by atoms with Crippen LogP contribution in [0.2, 0.25) is 5.02 Å². The maximum atomic E-state index is 13.6. The normalized spacial score (nSPS) is 14.0. The minimum absolute atomic E-state index is 0.216. The van der Waals surface area contributed by atoms with Crippen LogP contribution in [0, 0.1) is 6.92 Å². The van der Waals surface area contributed by atoms with Gasteiger partial charge in [0.25, 0.3) is 11.8 Å². The van der Waals surface area contributed by atoms with Crippen LogP contribution < -0.4 is 24.4 Å². The number of carbonyl (C=O) groups is 3. The number of amides is 4. The molecule has 1 aliphatic rings. The van der Waals surface area contributed by atoms with E-state index in [-0.39, 0.29) is 11.3 Å². The first-order valence-corrected chi connectivity index (χ1v) is 16.3. The van der Waals surface area contributed by atoms with E-state index in [0.29, 0.717) is 52.1 Å². The van der Waals surface area contributed by atoms with E-state index in [2.05, 4.69) is 45.5 Å². The molecule has 5 aromatic rings. The second-order valence-electron chi connectivity index (χ2n) is 11.0. The Labute approximate surface area is 291 Å². The minimum Gasteiger partial charge on any atom is -0.490 e. The number of nitrogens with one attached hydrogen (secondary N) is 1. The lowest BCUT2D eigenvalue weighted by molar-refractivity contribution is -0.122. The molecule has 0 aromatic heterocycles. The largest absolute Gasteiger partial charge is 0.490 e. The first-order valence-electron chi connectivity index (χ1n) is 15.2. The highest BCUT2D eigenvalue weighted by atomic mass is 79.9. The molecule has 0 bridgehead atoms. The minimum atomic E-state index is -0.847. The van der Waals surface area contributed by atoms with E-state index in [1.165, 1.54) is 6.08 Å². The molecule has 4 amide bonds.